The normalized spacial score (nSPS) is 9.29. The highest BCUT2D eigenvalue weighted by molar-refractivity contribution is 5.90. The molecule has 1 N–H and O–H groups in total. The van der Waals surface area contributed by atoms with Crippen molar-refractivity contribution in [3.05, 3.63) is 65.9 Å². The summed E-state index contributed by atoms with van der Waals surface area (Å²) in [5.74, 6) is -0.332. The molecule has 0 aromatic heterocycles. The van der Waals surface area contributed by atoms with E-state index in [1.807, 2.05) is 36.4 Å². The van der Waals surface area contributed by atoms with Crippen molar-refractivity contribution in [3.63, 3.8) is 0 Å². The van der Waals surface area contributed by atoms with Crippen LogP contribution in [0.4, 0.5) is 5.69 Å². The summed E-state index contributed by atoms with van der Waals surface area (Å²) in [7, 11) is 0. The van der Waals surface area contributed by atoms with Crippen LogP contribution in [0.3, 0.4) is 0 Å². The number of carbonyl (C=O) groups is 1. The average molecular weight is 317 g/mol. The first-order chi connectivity index (χ1) is 11.7. The summed E-state index contributed by atoms with van der Waals surface area (Å²) in [4.78, 5) is 11.6. The number of anilines is 1. The van der Waals surface area contributed by atoms with Crippen LogP contribution in [0.1, 0.15) is 17.3 Å². The van der Waals surface area contributed by atoms with E-state index in [9.17, 15) is 4.79 Å². The third kappa shape index (κ3) is 4.22. The summed E-state index contributed by atoms with van der Waals surface area (Å²) in [5, 5.41) is 20.3. The third-order valence-corrected chi connectivity index (χ3v) is 3.24. The van der Waals surface area contributed by atoms with Gasteiger partial charge in [0.2, 0.25) is 0 Å². The van der Waals surface area contributed by atoms with E-state index in [0.29, 0.717) is 12.2 Å². The largest absolute Gasteiger partial charge is 0.462 e. The zero-order valence-electron chi connectivity index (χ0n) is 13.1. The Morgan fingerprint density at radius 1 is 1.04 bits per heavy atom. The minimum Gasteiger partial charge on any atom is -0.462 e. The lowest BCUT2D eigenvalue weighted by Gasteiger charge is -2.06. The molecule has 0 bridgehead atoms. The Kier molecular flexibility index (Phi) is 5.71. The van der Waals surface area contributed by atoms with Crippen molar-refractivity contribution in [2.24, 2.45) is 0 Å². The first kappa shape index (κ1) is 16.8. The molecule has 0 aliphatic heterocycles. The highest BCUT2D eigenvalue weighted by Gasteiger charge is 2.06. The zero-order valence-corrected chi connectivity index (χ0v) is 13.1. The van der Waals surface area contributed by atoms with Gasteiger partial charge in [-0.15, -0.1) is 0 Å². The van der Waals surface area contributed by atoms with Crippen molar-refractivity contribution in [1.82, 2.24) is 0 Å². The van der Waals surface area contributed by atoms with E-state index in [1.54, 1.807) is 31.2 Å². The van der Waals surface area contributed by atoms with Crippen LogP contribution >= 0.6 is 0 Å². The van der Waals surface area contributed by atoms with Gasteiger partial charge < -0.3 is 10.1 Å². The maximum absolute atomic E-state index is 11.6. The van der Waals surface area contributed by atoms with Crippen molar-refractivity contribution in [2.45, 2.75) is 6.92 Å². The van der Waals surface area contributed by atoms with E-state index in [1.165, 1.54) is 6.20 Å². The molecule has 0 fully saturated rings. The lowest BCUT2D eigenvalue weighted by molar-refractivity contribution is 0.0526. The predicted molar refractivity (Wildman–Crippen MR) is 90.8 cm³/mol. The number of nitrogens with zero attached hydrogens (tertiary/aromatic N) is 2. The van der Waals surface area contributed by atoms with Crippen LogP contribution in [0.2, 0.25) is 0 Å². The van der Waals surface area contributed by atoms with Gasteiger partial charge >= 0.3 is 5.97 Å². The van der Waals surface area contributed by atoms with Crippen molar-refractivity contribution < 1.29 is 9.53 Å². The van der Waals surface area contributed by atoms with E-state index < -0.39 is 0 Å². The molecular formula is C19H15N3O2. The lowest BCUT2D eigenvalue weighted by atomic mass is 10.0. The number of hydrogen-bond acceptors (Lipinski definition) is 5. The van der Waals surface area contributed by atoms with Crippen LogP contribution in [-0.2, 0) is 4.74 Å². The van der Waals surface area contributed by atoms with Gasteiger partial charge in [0.15, 0.2) is 0 Å². The smallest absolute Gasteiger partial charge is 0.338 e. The van der Waals surface area contributed by atoms with Crippen molar-refractivity contribution >= 4 is 11.7 Å². The second-order valence-corrected chi connectivity index (χ2v) is 4.80. The first-order valence-electron chi connectivity index (χ1n) is 7.32. The fraction of sp³-hybridized carbons (Fsp3) is 0.105. The van der Waals surface area contributed by atoms with Gasteiger partial charge in [-0.2, -0.15) is 10.5 Å². The van der Waals surface area contributed by atoms with Crippen LogP contribution in [0.5, 0.6) is 0 Å². The van der Waals surface area contributed by atoms with Gasteiger partial charge in [-0.05, 0) is 42.3 Å². The number of benzene rings is 2. The molecule has 24 heavy (non-hydrogen) atoms. The van der Waals surface area contributed by atoms with E-state index in [2.05, 4.69) is 5.32 Å². The van der Waals surface area contributed by atoms with Gasteiger partial charge in [0.05, 0.1) is 12.2 Å². The second kappa shape index (κ2) is 8.17. The standard InChI is InChI=1S/C19H15N3O2/c1-2-24-19(23)17-5-3-15(4-6-17)16-7-9-18(10-8-16)22-13-14(11-20)12-21/h3-10,13,22H,2H2,1H3. The van der Waals surface area contributed by atoms with E-state index in [4.69, 9.17) is 15.3 Å². The molecule has 2 aromatic rings. The number of nitrogens with one attached hydrogen (secondary N) is 1. The van der Waals surface area contributed by atoms with Crippen molar-refractivity contribution in [3.8, 4) is 23.3 Å². The number of carbonyl (C=O) groups excluding carboxylic acids is 1. The SMILES string of the molecule is CCOC(=O)c1ccc(-c2ccc(NC=C(C#N)C#N)cc2)cc1. The second-order valence-electron chi connectivity index (χ2n) is 4.80. The number of ether oxygens (including phenoxy) is 1. The molecule has 2 aromatic carbocycles. The molecule has 118 valence electrons. The van der Waals surface area contributed by atoms with Gasteiger partial charge in [-0.1, -0.05) is 24.3 Å². The molecule has 2 rings (SSSR count). The third-order valence-electron chi connectivity index (χ3n) is 3.24. The monoisotopic (exact) mass is 317 g/mol. The Labute approximate surface area is 140 Å². The molecule has 0 aliphatic carbocycles. The average Bonchev–Trinajstić information content (AvgIpc) is 2.63. The summed E-state index contributed by atoms with van der Waals surface area (Å²) in [6.07, 6.45) is 1.36. The number of hydrogen-bond donors (Lipinski definition) is 1. The van der Waals surface area contributed by atoms with Gasteiger partial charge in [0.25, 0.3) is 0 Å². The van der Waals surface area contributed by atoms with Crippen LogP contribution in [0, 0.1) is 22.7 Å². The van der Waals surface area contributed by atoms with Gasteiger partial charge in [0.1, 0.15) is 17.7 Å². The lowest BCUT2D eigenvalue weighted by Crippen LogP contribution is -2.03. The minimum atomic E-state index is -0.332. The van der Waals surface area contributed by atoms with E-state index in [-0.39, 0.29) is 11.5 Å². The molecule has 0 saturated heterocycles. The summed E-state index contributed by atoms with van der Waals surface area (Å²) in [5.41, 5.74) is 3.25. The molecule has 0 saturated carbocycles. The first-order valence-corrected chi connectivity index (χ1v) is 7.32. The number of allylic oxidation sites excluding steroid dienone is 1. The highest BCUT2D eigenvalue weighted by Crippen LogP contribution is 2.22. The molecule has 0 aliphatic rings. The molecule has 0 heterocycles. The molecule has 5 heteroatoms. The molecule has 0 spiro atoms. The Balaban J connectivity index is 2.11. The van der Waals surface area contributed by atoms with Crippen molar-refractivity contribution in [1.29, 1.82) is 10.5 Å². The Bertz CT molecular complexity index is 807. The number of esters is 1. The quantitative estimate of drug-likeness (QED) is 0.668. The summed E-state index contributed by atoms with van der Waals surface area (Å²) < 4.78 is 4.96. The molecule has 0 unspecified atom stereocenters. The Morgan fingerprint density at radius 3 is 2.08 bits per heavy atom. The fourth-order valence-corrected chi connectivity index (χ4v) is 2.02. The molecular weight excluding hydrogens is 302 g/mol. The summed E-state index contributed by atoms with van der Waals surface area (Å²) >= 11 is 0. The van der Waals surface area contributed by atoms with Crippen molar-refractivity contribution in [2.75, 3.05) is 11.9 Å². The Hall–Kier alpha value is -3.57. The van der Waals surface area contributed by atoms with E-state index in [0.717, 1.165) is 16.8 Å². The molecule has 5 nitrogen and oxygen atoms in total. The predicted octanol–water partition coefficient (Wildman–Crippen LogP) is 3.87. The summed E-state index contributed by atoms with van der Waals surface area (Å²) in [6.45, 7) is 2.12. The van der Waals surface area contributed by atoms with Crippen LogP contribution < -0.4 is 5.32 Å². The zero-order chi connectivity index (χ0) is 17.4. The topological polar surface area (TPSA) is 85.9 Å². The molecule has 0 atom stereocenters. The van der Waals surface area contributed by atoms with E-state index >= 15 is 0 Å². The molecule has 0 amide bonds. The van der Waals surface area contributed by atoms with Crippen LogP contribution in [-0.4, -0.2) is 12.6 Å². The van der Waals surface area contributed by atoms with Gasteiger partial charge in [-0.25, -0.2) is 4.79 Å². The van der Waals surface area contributed by atoms with Gasteiger partial charge in [0, 0.05) is 11.9 Å². The van der Waals surface area contributed by atoms with Gasteiger partial charge in [-0.3, -0.25) is 0 Å². The van der Waals surface area contributed by atoms with Crippen LogP contribution in [0.25, 0.3) is 11.1 Å². The Morgan fingerprint density at radius 2 is 1.58 bits per heavy atom. The number of nitriles is 2. The fourth-order valence-electron chi connectivity index (χ4n) is 2.02. The maximum Gasteiger partial charge on any atom is 0.338 e. The minimum absolute atomic E-state index is 0.00799. The summed E-state index contributed by atoms with van der Waals surface area (Å²) in [6, 6.07) is 18.3. The molecule has 0 radical (unpaired) electrons. The maximum atomic E-state index is 11.6. The number of rotatable bonds is 5. The van der Waals surface area contributed by atoms with Crippen LogP contribution in [0.15, 0.2) is 60.3 Å². The highest BCUT2D eigenvalue weighted by atomic mass is 16.5.